The maximum Gasteiger partial charge on any atom is 0.240 e. The van der Waals surface area contributed by atoms with Crippen LogP contribution in [0.1, 0.15) is 17.2 Å². The zero-order valence-corrected chi connectivity index (χ0v) is 16.9. The van der Waals surface area contributed by atoms with Gasteiger partial charge in [-0.3, -0.25) is 0 Å². The fourth-order valence-corrected chi connectivity index (χ4v) is 4.42. The van der Waals surface area contributed by atoms with Crippen LogP contribution >= 0.6 is 12.4 Å². The predicted molar refractivity (Wildman–Crippen MR) is 108 cm³/mol. The van der Waals surface area contributed by atoms with Crippen molar-refractivity contribution in [1.82, 2.24) is 30.2 Å². The molecule has 1 aliphatic rings. The lowest BCUT2D eigenvalue weighted by atomic mass is 9.95. The van der Waals surface area contributed by atoms with E-state index in [9.17, 15) is 8.42 Å². The van der Waals surface area contributed by atoms with Crippen LogP contribution in [0.15, 0.2) is 53.4 Å². The molecule has 0 aliphatic carbocycles. The van der Waals surface area contributed by atoms with Crippen LogP contribution < -0.4 is 10.0 Å². The molecule has 2 aromatic carbocycles. The first-order valence-corrected chi connectivity index (χ1v) is 10.2. The van der Waals surface area contributed by atoms with Crippen molar-refractivity contribution in [1.29, 1.82) is 0 Å². The first kappa shape index (κ1) is 20.4. The Morgan fingerprint density at radius 3 is 2.82 bits per heavy atom. The maximum atomic E-state index is 12.8. The zero-order valence-electron chi connectivity index (χ0n) is 15.2. The van der Waals surface area contributed by atoms with Gasteiger partial charge in [0.15, 0.2) is 5.82 Å². The van der Waals surface area contributed by atoms with Gasteiger partial charge in [-0.1, -0.05) is 36.4 Å². The molecule has 2 N–H and O–H groups in total. The lowest BCUT2D eigenvalue weighted by molar-refractivity contribution is 0.491. The first-order valence-electron chi connectivity index (χ1n) is 8.68. The second kappa shape index (κ2) is 8.36. The van der Waals surface area contributed by atoms with Crippen molar-refractivity contribution in [3.8, 4) is 11.4 Å². The second-order valence-electron chi connectivity index (χ2n) is 6.46. The van der Waals surface area contributed by atoms with Crippen LogP contribution in [0.3, 0.4) is 0 Å². The number of sulfonamides is 1. The van der Waals surface area contributed by atoms with Gasteiger partial charge in [-0.15, -0.1) is 17.5 Å². The van der Waals surface area contributed by atoms with E-state index in [2.05, 4.69) is 31.6 Å². The molecule has 0 radical (unpaired) electrons. The minimum atomic E-state index is -3.66. The molecule has 0 bridgehead atoms. The number of nitrogens with zero attached hydrogens (tertiary/aromatic N) is 4. The Hall–Kier alpha value is -2.33. The summed E-state index contributed by atoms with van der Waals surface area (Å²) in [5, 5.41) is 14.7. The quantitative estimate of drug-likeness (QED) is 0.648. The summed E-state index contributed by atoms with van der Waals surface area (Å²) in [4.78, 5) is 0.187. The number of nitrogens with one attached hydrogen (secondary N) is 2. The number of hydrogen-bond acceptors (Lipinski definition) is 6. The third kappa shape index (κ3) is 4.07. The third-order valence-electron chi connectivity index (χ3n) is 4.72. The van der Waals surface area contributed by atoms with E-state index in [4.69, 9.17) is 0 Å². The first-order chi connectivity index (χ1) is 13.0. The Bertz CT molecular complexity index is 1070. The molecule has 0 saturated heterocycles. The van der Waals surface area contributed by atoms with Gasteiger partial charge in [0.1, 0.15) is 0 Å². The van der Waals surface area contributed by atoms with E-state index in [-0.39, 0.29) is 29.9 Å². The number of tetrazole rings is 1. The fraction of sp³-hybridized carbons (Fsp3) is 0.278. The van der Waals surface area contributed by atoms with E-state index < -0.39 is 10.0 Å². The predicted octanol–water partition coefficient (Wildman–Crippen LogP) is 1.46. The van der Waals surface area contributed by atoms with Crippen molar-refractivity contribution in [2.24, 2.45) is 7.05 Å². The standard InChI is InChI=1S/C18H20N6O2S.ClH/c1-24-18(21-22-23-24)14-6-4-7-15(11-14)27(25,26)20-12-17-16-8-3-2-5-13(16)9-10-19-17;/h2-8,11,17,19-20H,9-10,12H2,1H3;1H. The van der Waals surface area contributed by atoms with Gasteiger partial charge in [0, 0.05) is 25.2 Å². The van der Waals surface area contributed by atoms with Crippen LogP contribution in [0.4, 0.5) is 0 Å². The van der Waals surface area contributed by atoms with Gasteiger partial charge in [0.2, 0.25) is 10.0 Å². The number of aromatic nitrogens is 4. The highest BCUT2D eigenvalue weighted by molar-refractivity contribution is 7.89. The lowest BCUT2D eigenvalue weighted by Gasteiger charge is -2.27. The van der Waals surface area contributed by atoms with Crippen molar-refractivity contribution in [3.63, 3.8) is 0 Å². The Kier molecular flexibility index (Phi) is 6.09. The molecular formula is C18H21ClN6O2S. The van der Waals surface area contributed by atoms with E-state index in [1.807, 2.05) is 18.2 Å². The molecule has 28 heavy (non-hydrogen) atoms. The van der Waals surface area contributed by atoms with E-state index in [1.165, 1.54) is 10.2 Å². The van der Waals surface area contributed by atoms with Crippen molar-refractivity contribution in [3.05, 3.63) is 59.7 Å². The van der Waals surface area contributed by atoms with Gasteiger partial charge in [-0.2, -0.15) is 0 Å². The highest BCUT2D eigenvalue weighted by atomic mass is 35.5. The molecule has 0 saturated carbocycles. The molecule has 1 atom stereocenters. The van der Waals surface area contributed by atoms with Gasteiger partial charge >= 0.3 is 0 Å². The Labute approximate surface area is 169 Å². The topological polar surface area (TPSA) is 102 Å². The third-order valence-corrected chi connectivity index (χ3v) is 6.14. The van der Waals surface area contributed by atoms with Crippen LogP contribution in [0, 0.1) is 0 Å². The monoisotopic (exact) mass is 420 g/mol. The van der Waals surface area contributed by atoms with Gasteiger partial charge < -0.3 is 5.32 Å². The summed E-state index contributed by atoms with van der Waals surface area (Å²) in [7, 11) is -1.95. The molecule has 10 heteroatoms. The van der Waals surface area contributed by atoms with E-state index >= 15 is 0 Å². The van der Waals surface area contributed by atoms with Crippen molar-refractivity contribution in [2.45, 2.75) is 17.4 Å². The van der Waals surface area contributed by atoms with Crippen LogP contribution in [-0.4, -0.2) is 41.7 Å². The zero-order chi connectivity index (χ0) is 18.9. The maximum absolute atomic E-state index is 12.8. The van der Waals surface area contributed by atoms with Crippen molar-refractivity contribution in [2.75, 3.05) is 13.1 Å². The number of fused-ring (bicyclic) bond motifs is 1. The van der Waals surface area contributed by atoms with Crippen molar-refractivity contribution < 1.29 is 8.42 Å². The van der Waals surface area contributed by atoms with Crippen molar-refractivity contribution >= 4 is 22.4 Å². The smallest absolute Gasteiger partial charge is 0.240 e. The summed E-state index contributed by atoms with van der Waals surface area (Å²) in [5.74, 6) is 0.509. The van der Waals surface area contributed by atoms with Crippen LogP contribution in [0.25, 0.3) is 11.4 Å². The average Bonchev–Trinajstić information content (AvgIpc) is 3.12. The minimum Gasteiger partial charge on any atom is -0.308 e. The molecular weight excluding hydrogens is 400 g/mol. The molecule has 2 heterocycles. The number of rotatable bonds is 5. The minimum absolute atomic E-state index is 0. The Balaban J connectivity index is 0.00000225. The molecule has 0 spiro atoms. The largest absolute Gasteiger partial charge is 0.308 e. The highest BCUT2D eigenvalue weighted by Crippen LogP contribution is 2.23. The molecule has 148 valence electrons. The molecule has 0 amide bonds. The number of halogens is 1. The molecule has 0 fully saturated rings. The summed E-state index contributed by atoms with van der Waals surface area (Å²) in [6.07, 6.45) is 0.952. The normalized spacial score (nSPS) is 16.2. The molecule has 8 nitrogen and oxygen atoms in total. The van der Waals surface area contributed by atoms with Crippen LogP contribution in [0.5, 0.6) is 0 Å². The molecule has 1 aromatic heterocycles. The molecule has 1 aliphatic heterocycles. The molecule has 1 unspecified atom stereocenters. The summed E-state index contributed by atoms with van der Waals surface area (Å²) in [6.45, 7) is 1.12. The highest BCUT2D eigenvalue weighted by Gasteiger charge is 2.22. The summed E-state index contributed by atoms with van der Waals surface area (Å²) < 4.78 is 29.8. The molecule has 4 rings (SSSR count). The lowest BCUT2D eigenvalue weighted by Crippen LogP contribution is -2.38. The SMILES string of the molecule is Cl.Cn1nnnc1-c1cccc(S(=O)(=O)NCC2NCCc3ccccc32)c1. The summed E-state index contributed by atoms with van der Waals surface area (Å²) in [6, 6.07) is 14.7. The fourth-order valence-electron chi connectivity index (χ4n) is 3.33. The number of hydrogen-bond donors (Lipinski definition) is 2. The second-order valence-corrected chi connectivity index (χ2v) is 8.23. The van der Waals surface area contributed by atoms with Crippen LogP contribution in [-0.2, 0) is 23.5 Å². The van der Waals surface area contributed by atoms with Crippen LogP contribution in [0.2, 0.25) is 0 Å². The Morgan fingerprint density at radius 2 is 2.04 bits per heavy atom. The van der Waals surface area contributed by atoms with Gasteiger partial charge in [-0.05, 0) is 46.7 Å². The van der Waals surface area contributed by atoms with Gasteiger partial charge in [0.25, 0.3) is 0 Å². The number of aryl methyl sites for hydroxylation is 1. The summed E-state index contributed by atoms with van der Waals surface area (Å²) >= 11 is 0. The number of benzene rings is 2. The Morgan fingerprint density at radius 1 is 1.21 bits per heavy atom. The van der Waals surface area contributed by atoms with E-state index in [0.29, 0.717) is 11.4 Å². The summed E-state index contributed by atoms with van der Waals surface area (Å²) in [5.41, 5.74) is 3.05. The molecule has 3 aromatic rings. The average molecular weight is 421 g/mol. The van der Waals surface area contributed by atoms with Gasteiger partial charge in [-0.25, -0.2) is 17.8 Å². The van der Waals surface area contributed by atoms with E-state index in [1.54, 1.807) is 31.3 Å². The van der Waals surface area contributed by atoms with E-state index in [0.717, 1.165) is 18.5 Å². The van der Waals surface area contributed by atoms with Gasteiger partial charge in [0.05, 0.1) is 4.90 Å².